The number of halogens is 2. The molecule has 0 heterocycles. The molecular formula is C27H22Cl2N2O4S. The maximum absolute atomic E-state index is 13.5. The van der Waals surface area contributed by atoms with Gasteiger partial charge in [0.05, 0.1) is 11.6 Å². The summed E-state index contributed by atoms with van der Waals surface area (Å²) in [6, 6.07) is 29.3. The van der Waals surface area contributed by atoms with Crippen LogP contribution < -0.4 is 10.1 Å². The average molecular weight is 541 g/mol. The van der Waals surface area contributed by atoms with Gasteiger partial charge in [-0.05, 0) is 60.2 Å². The molecule has 0 saturated heterocycles. The Balaban J connectivity index is 1.51. The zero-order chi connectivity index (χ0) is 25.5. The summed E-state index contributed by atoms with van der Waals surface area (Å²) in [7, 11) is -4.14. The Hall–Kier alpha value is -3.36. The number of ether oxygens (including phenoxy) is 1. The quantitative estimate of drug-likeness (QED) is 0.259. The molecule has 184 valence electrons. The lowest BCUT2D eigenvalue weighted by Crippen LogP contribution is -2.37. The molecule has 0 bridgehead atoms. The molecule has 0 aromatic heterocycles. The number of hydrogen-bond acceptors (Lipinski definition) is 4. The Morgan fingerprint density at radius 1 is 0.806 bits per heavy atom. The topological polar surface area (TPSA) is 75.7 Å². The Kier molecular flexibility index (Phi) is 8.28. The lowest BCUT2D eigenvalue weighted by atomic mass is 10.2. The monoisotopic (exact) mass is 540 g/mol. The lowest BCUT2D eigenvalue weighted by Gasteiger charge is -2.22. The summed E-state index contributed by atoms with van der Waals surface area (Å²) >= 11 is 12.2. The molecule has 0 unspecified atom stereocenters. The van der Waals surface area contributed by atoms with Crippen LogP contribution in [0, 0.1) is 0 Å². The summed E-state index contributed by atoms with van der Waals surface area (Å²) in [6.45, 7) is -0.453. The van der Waals surface area contributed by atoms with Gasteiger partial charge in [-0.3, -0.25) is 4.79 Å². The number of hydrogen-bond donors (Lipinski definition) is 1. The van der Waals surface area contributed by atoms with Crippen molar-refractivity contribution in [2.75, 3.05) is 11.9 Å². The van der Waals surface area contributed by atoms with Crippen LogP contribution in [-0.4, -0.2) is 25.2 Å². The molecule has 0 fully saturated rings. The summed E-state index contributed by atoms with van der Waals surface area (Å²) < 4.78 is 33.8. The van der Waals surface area contributed by atoms with Gasteiger partial charge in [-0.25, -0.2) is 8.42 Å². The number of amides is 1. The number of carbonyl (C=O) groups excluding carboxylic acids is 1. The zero-order valence-corrected chi connectivity index (χ0v) is 21.3. The fourth-order valence-corrected chi connectivity index (χ4v) is 5.54. The van der Waals surface area contributed by atoms with Gasteiger partial charge in [-0.2, -0.15) is 4.31 Å². The van der Waals surface area contributed by atoms with E-state index in [-0.39, 0.29) is 21.5 Å². The van der Waals surface area contributed by atoms with Crippen LogP contribution in [0.15, 0.2) is 108 Å². The number of sulfonamides is 1. The van der Waals surface area contributed by atoms with E-state index in [0.717, 1.165) is 9.87 Å². The van der Waals surface area contributed by atoms with Gasteiger partial charge >= 0.3 is 0 Å². The highest BCUT2D eigenvalue weighted by molar-refractivity contribution is 7.89. The third kappa shape index (κ3) is 6.65. The van der Waals surface area contributed by atoms with Gasteiger partial charge in [-0.15, -0.1) is 0 Å². The molecule has 4 aromatic carbocycles. The molecule has 1 amide bonds. The maximum atomic E-state index is 13.5. The summed E-state index contributed by atoms with van der Waals surface area (Å²) in [5.74, 6) is 0.781. The molecule has 1 N–H and O–H groups in total. The van der Waals surface area contributed by atoms with Crippen molar-refractivity contribution in [3.05, 3.63) is 119 Å². The molecule has 0 saturated carbocycles. The van der Waals surface area contributed by atoms with Crippen molar-refractivity contribution in [3.63, 3.8) is 0 Å². The van der Waals surface area contributed by atoms with Crippen molar-refractivity contribution >= 4 is 44.8 Å². The number of nitrogens with zero attached hydrogens (tertiary/aromatic N) is 1. The predicted octanol–water partition coefficient (Wildman–Crippen LogP) is 6.62. The number of rotatable bonds is 9. The largest absolute Gasteiger partial charge is 0.457 e. The third-order valence-corrected chi connectivity index (χ3v) is 7.66. The Labute approximate surface area is 220 Å². The van der Waals surface area contributed by atoms with E-state index in [9.17, 15) is 13.2 Å². The van der Waals surface area contributed by atoms with Crippen LogP contribution in [0.4, 0.5) is 5.69 Å². The minimum atomic E-state index is -4.14. The minimum Gasteiger partial charge on any atom is -0.457 e. The van der Waals surface area contributed by atoms with Gasteiger partial charge in [0, 0.05) is 17.3 Å². The van der Waals surface area contributed by atoms with Crippen molar-refractivity contribution in [3.8, 4) is 11.5 Å². The molecule has 36 heavy (non-hydrogen) atoms. The number of nitrogens with one attached hydrogen (secondary N) is 1. The second-order valence-electron chi connectivity index (χ2n) is 7.82. The van der Waals surface area contributed by atoms with Crippen LogP contribution in [-0.2, 0) is 21.4 Å². The SMILES string of the molecule is O=C(CN(Cc1ccccc1)S(=O)(=O)c1cc(Cl)ccc1Cl)Nc1ccc(Oc2ccccc2)cc1. The molecule has 0 atom stereocenters. The van der Waals surface area contributed by atoms with Crippen molar-refractivity contribution < 1.29 is 17.9 Å². The Morgan fingerprint density at radius 2 is 1.42 bits per heavy atom. The van der Waals surface area contributed by atoms with Gasteiger partial charge in [0.2, 0.25) is 15.9 Å². The van der Waals surface area contributed by atoms with E-state index in [1.165, 1.54) is 18.2 Å². The highest BCUT2D eigenvalue weighted by atomic mass is 35.5. The number of carbonyl (C=O) groups is 1. The first-order valence-electron chi connectivity index (χ1n) is 10.9. The standard InChI is InChI=1S/C27H22Cl2N2O4S/c28-21-11-16-25(29)26(17-21)36(33,34)31(18-20-7-3-1-4-8-20)19-27(32)30-22-12-14-24(15-13-22)35-23-9-5-2-6-10-23/h1-17H,18-19H2,(H,30,32). The first-order valence-corrected chi connectivity index (χ1v) is 13.1. The van der Waals surface area contributed by atoms with Crippen molar-refractivity contribution in [2.24, 2.45) is 0 Å². The summed E-state index contributed by atoms with van der Waals surface area (Å²) in [5, 5.41) is 2.98. The number of benzene rings is 4. The minimum absolute atomic E-state index is 0.0203. The fraction of sp³-hybridized carbons (Fsp3) is 0.0741. The van der Waals surface area contributed by atoms with Crippen LogP contribution in [0.2, 0.25) is 10.0 Å². The number of para-hydroxylation sites is 1. The van der Waals surface area contributed by atoms with Gasteiger partial charge < -0.3 is 10.1 Å². The number of anilines is 1. The predicted molar refractivity (Wildman–Crippen MR) is 142 cm³/mol. The first kappa shape index (κ1) is 25.7. The normalized spacial score (nSPS) is 11.3. The highest BCUT2D eigenvalue weighted by Crippen LogP contribution is 2.29. The van der Waals surface area contributed by atoms with Crippen molar-refractivity contribution in [1.29, 1.82) is 0 Å². The smallest absolute Gasteiger partial charge is 0.245 e. The highest BCUT2D eigenvalue weighted by Gasteiger charge is 2.29. The molecule has 0 spiro atoms. The van der Waals surface area contributed by atoms with Gasteiger partial charge in [0.15, 0.2) is 0 Å². The van der Waals surface area contributed by atoms with E-state index in [1.54, 1.807) is 48.5 Å². The van der Waals surface area contributed by atoms with Crippen molar-refractivity contribution in [1.82, 2.24) is 4.31 Å². The van der Waals surface area contributed by atoms with Crippen molar-refractivity contribution in [2.45, 2.75) is 11.4 Å². The molecule has 0 aliphatic rings. The van der Waals surface area contributed by atoms with Crippen LogP contribution in [0.3, 0.4) is 0 Å². The molecule has 6 nitrogen and oxygen atoms in total. The fourth-order valence-electron chi connectivity index (χ4n) is 3.42. The van der Waals surface area contributed by atoms with Crippen LogP contribution in [0.1, 0.15) is 5.56 Å². The second kappa shape index (κ2) is 11.6. The van der Waals surface area contributed by atoms with Gasteiger partial charge in [0.25, 0.3) is 0 Å². The maximum Gasteiger partial charge on any atom is 0.245 e. The average Bonchev–Trinajstić information content (AvgIpc) is 2.87. The molecule has 0 aliphatic carbocycles. The lowest BCUT2D eigenvalue weighted by molar-refractivity contribution is -0.116. The van der Waals surface area contributed by atoms with Crippen LogP contribution >= 0.6 is 23.2 Å². The van der Waals surface area contributed by atoms with E-state index >= 15 is 0 Å². The molecule has 0 aliphatic heterocycles. The summed E-state index contributed by atoms with van der Waals surface area (Å²) in [4.78, 5) is 12.7. The molecular weight excluding hydrogens is 519 g/mol. The molecule has 4 aromatic rings. The van der Waals surface area contributed by atoms with E-state index in [1.807, 2.05) is 36.4 Å². The van der Waals surface area contributed by atoms with Crippen LogP contribution in [0.5, 0.6) is 11.5 Å². The summed E-state index contributed by atoms with van der Waals surface area (Å²) in [5.41, 5.74) is 1.22. The van der Waals surface area contributed by atoms with Gasteiger partial charge in [-0.1, -0.05) is 71.7 Å². The molecule has 4 rings (SSSR count). The van der Waals surface area contributed by atoms with Gasteiger partial charge in [0.1, 0.15) is 16.4 Å². The third-order valence-electron chi connectivity index (χ3n) is 5.15. The first-order chi connectivity index (χ1) is 17.3. The van der Waals surface area contributed by atoms with Crippen LogP contribution in [0.25, 0.3) is 0 Å². The van der Waals surface area contributed by atoms with E-state index in [0.29, 0.717) is 17.2 Å². The van der Waals surface area contributed by atoms with E-state index in [2.05, 4.69) is 5.32 Å². The Morgan fingerprint density at radius 3 is 2.08 bits per heavy atom. The molecule has 9 heteroatoms. The summed E-state index contributed by atoms with van der Waals surface area (Å²) in [6.07, 6.45) is 0. The Bertz CT molecular complexity index is 1430. The second-order valence-corrected chi connectivity index (χ2v) is 10.6. The van der Waals surface area contributed by atoms with E-state index < -0.39 is 22.5 Å². The van der Waals surface area contributed by atoms with E-state index in [4.69, 9.17) is 27.9 Å². The molecule has 0 radical (unpaired) electrons. The zero-order valence-electron chi connectivity index (χ0n) is 19.0.